The lowest BCUT2D eigenvalue weighted by molar-refractivity contribution is 0.101. The van der Waals surface area contributed by atoms with Gasteiger partial charge in [0.1, 0.15) is 5.69 Å². The van der Waals surface area contributed by atoms with E-state index in [0.717, 1.165) is 20.9 Å². The molecule has 0 radical (unpaired) electrons. The smallest absolute Gasteiger partial charge is 0.272 e. The molecule has 5 heteroatoms. The summed E-state index contributed by atoms with van der Waals surface area (Å²) in [7, 11) is 1.79. The Labute approximate surface area is 130 Å². The Bertz CT molecular complexity index is 839. The number of hydrogen-bond acceptors (Lipinski definition) is 2. The summed E-state index contributed by atoms with van der Waals surface area (Å²) in [5.74, 6) is -0.175. The molecule has 106 valence electrons. The highest BCUT2D eigenvalue weighted by atomic mass is 79.9. The number of nitrogens with one attached hydrogen (secondary N) is 1. The zero-order valence-electron chi connectivity index (χ0n) is 11.4. The third-order valence-corrected chi connectivity index (χ3v) is 3.81. The molecule has 0 unspecified atom stereocenters. The van der Waals surface area contributed by atoms with E-state index in [1.54, 1.807) is 23.9 Å². The molecule has 0 atom stereocenters. The molecule has 21 heavy (non-hydrogen) atoms. The van der Waals surface area contributed by atoms with E-state index in [-0.39, 0.29) is 5.91 Å². The van der Waals surface area contributed by atoms with Gasteiger partial charge in [0.25, 0.3) is 5.91 Å². The standard InChI is InChI=1S/C16H14BrN3O/c1-20-9-13(18)8-15(20)16(21)19-14-5-3-10-6-12(17)4-2-11(10)7-14/h2-9H,18H2,1H3,(H,19,21). The predicted molar refractivity (Wildman–Crippen MR) is 89.4 cm³/mol. The summed E-state index contributed by atoms with van der Waals surface area (Å²) in [5.41, 5.74) is 7.56. The van der Waals surface area contributed by atoms with Gasteiger partial charge in [-0.2, -0.15) is 0 Å². The summed E-state index contributed by atoms with van der Waals surface area (Å²) in [6.45, 7) is 0. The molecule has 0 bridgehead atoms. The van der Waals surface area contributed by atoms with Crippen molar-refractivity contribution in [2.75, 3.05) is 11.1 Å². The number of carbonyl (C=O) groups is 1. The minimum Gasteiger partial charge on any atom is -0.397 e. The average Bonchev–Trinajstić information content (AvgIpc) is 2.78. The van der Waals surface area contributed by atoms with Crippen LogP contribution in [-0.2, 0) is 7.05 Å². The van der Waals surface area contributed by atoms with Crippen molar-refractivity contribution in [1.29, 1.82) is 0 Å². The van der Waals surface area contributed by atoms with Gasteiger partial charge in [-0.1, -0.05) is 28.1 Å². The zero-order valence-corrected chi connectivity index (χ0v) is 13.0. The molecule has 0 aliphatic rings. The number of amides is 1. The summed E-state index contributed by atoms with van der Waals surface area (Å²) >= 11 is 3.45. The first-order chi connectivity index (χ1) is 10.0. The van der Waals surface area contributed by atoms with Crippen molar-refractivity contribution in [3.8, 4) is 0 Å². The summed E-state index contributed by atoms with van der Waals surface area (Å²) in [5, 5.41) is 5.08. The molecule has 1 amide bonds. The van der Waals surface area contributed by atoms with Crippen molar-refractivity contribution in [2.45, 2.75) is 0 Å². The largest absolute Gasteiger partial charge is 0.397 e. The molecule has 0 saturated heterocycles. The number of anilines is 2. The summed E-state index contributed by atoms with van der Waals surface area (Å²) < 4.78 is 2.74. The fraction of sp³-hybridized carbons (Fsp3) is 0.0625. The van der Waals surface area contributed by atoms with Crippen LogP contribution < -0.4 is 11.1 Å². The van der Waals surface area contributed by atoms with Crippen LogP contribution in [0.25, 0.3) is 10.8 Å². The van der Waals surface area contributed by atoms with Crippen LogP contribution in [0.4, 0.5) is 11.4 Å². The molecule has 0 saturated carbocycles. The van der Waals surface area contributed by atoms with Crippen LogP contribution in [0.5, 0.6) is 0 Å². The Morgan fingerprint density at radius 3 is 2.57 bits per heavy atom. The van der Waals surface area contributed by atoms with Crippen LogP contribution in [0.2, 0.25) is 0 Å². The van der Waals surface area contributed by atoms with Crippen LogP contribution in [0, 0.1) is 0 Å². The molecular formula is C16H14BrN3O. The van der Waals surface area contributed by atoms with Crippen LogP contribution in [-0.4, -0.2) is 10.5 Å². The van der Waals surface area contributed by atoms with E-state index in [0.29, 0.717) is 11.4 Å². The Hall–Kier alpha value is -2.27. The van der Waals surface area contributed by atoms with E-state index < -0.39 is 0 Å². The third kappa shape index (κ3) is 2.78. The molecule has 1 aromatic heterocycles. The maximum absolute atomic E-state index is 12.2. The molecule has 3 N–H and O–H groups in total. The van der Waals surface area contributed by atoms with Crippen molar-refractivity contribution in [3.05, 3.63) is 58.8 Å². The fourth-order valence-corrected chi connectivity index (χ4v) is 2.68. The van der Waals surface area contributed by atoms with Gasteiger partial charge in [-0.25, -0.2) is 0 Å². The first-order valence-electron chi connectivity index (χ1n) is 6.45. The lowest BCUT2D eigenvalue weighted by Crippen LogP contribution is -2.15. The van der Waals surface area contributed by atoms with Crippen molar-refractivity contribution < 1.29 is 4.79 Å². The van der Waals surface area contributed by atoms with Gasteiger partial charge in [0.05, 0.1) is 5.69 Å². The molecule has 2 aromatic carbocycles. The van der Waals surface area contributed by atoms with Crippen molar-refractivity contribution in [2.24, 2.45) is 7.05 Å². The molecule has 3 rings (SSSR count). The first-order valence-corrected chi connectivity index (χ1v) is 7.25. The van der Waals surface area contributed by atoms with Crippen molar-refractivity contribution >= 4 is 44.0 Å². The topological polar surface area (TPSA) is 60.0 Å². The first kappa shape index (κ1) is 13.7. The van der Waals surface area contributed by atoms with E-state index >= 15 is 0 Å². The van der Waals surface area contributed by atoms with Gasteiger partial charge in [-0.3, -0.25) is 4.79 Å². The molecule has 1 heterocycles. The van der Waals surface area contributed by atoms with Gasteiger partial charge in [-0.05, 0) is 41.1 Å². The summed E-state index contributed by atoms with van der Waals surface area (Å²) in [4.78, 5) is 12.2. The van der Waals surface area contributed by atoms with Gasteiger partial charge in [0.15, 0.2) is 0 Å². The number of halogens is 1. The Morgan fingerprint density at radius 2 is 1.86 bits per heavy atom. The second-order valence-electron chi connectivity index (χ2n) is 4.93. The molecular weight excluding hydrogens is 330 g/mol. The number of carbonyl (C=O) groups excluding carboxylic acids is 1. The second kappa shape index (κ2) is 5.26. The zero-order chi connectivity index (χ0) is 15.0. The maximum Gasteiger partial charge on any atom is 0.272 e. The van der Waals surface area contributed by atoms with Crippen LogP contribution in [0.1, 0.15) is 10.5 Å². The maximum atomic E-state index is 12.2. The quantitative estimate of drug-likeness (QED) is 0.743. The number of aryl methyl sites for hydroxylation is 1. The lowest BCUT2D eigenvalue weighted by Gasteiger charge is -2.07. The SMILES string of the molecule is Cn1cc(N)cc1C(=O)Nc1ccc2cc(Br)ccc2c1. The Morgan fingerprint density at radius 1 is 1.14 bits per heavy atom. The van der Waals surface area contributed by atoms with E-state index in [2.05, 4.69) is 21.2 Å². The minimum absolute atomic E-state index is 0.175. The fourth-order valence-electron chi connectivity index (χ4n) is 2.31. The van der Waals surface area contributed by atoms with Gasteiger partial charge in [0.2, 0.25) is 0 Å². The number of nitrogen functional groups attached to an aromatic ring is 1. The highest BCUT2D eigenvalue weighted by Gasteiger charge is 2.11. The van der Waals surface area contributed by atoms with Gasteiger partial charge < -0.3 is 15.6 Å². The number of fused-ring (bicyclic) bond motifs is 1. The highest BCUT2D eigenvalue weighted by Crippen LogP contribution is 2.23. The number of hydrogen-bond donors (Lipinski definition) is 2. The van der Waals surface area contributed by atoms with Gasteiger partial charge in [0, 0.05) is 23.4 Å². The number of rotatable bonds is 2. The van der Waals surface area contributed by atoms with Crippen molar-refractivity contribution in [3.63, 3.8) is 0 Å². The molecule has 0 fully saturated rings. The Balaban J connectivity index is 1.89. The van der Waals surface area contributed by atoms with Crippen LogP contribution in [0.3, 0.4) is 0 Å². The number of benzene rings is 2. The number of aromatic nitrogens is 1. The molecule has 3 aromatic rings. The second-order valence-corrected chi connectivity index (χ2v) is 5.85. The third-order valence-electron chi connectivity index (χ3n) is 3.32. The predicted octanol–water partition coefficient (Wildman–Crippen LogP) is 3.78. The monoisotopic (exact) mass is 343 g/mol. The van der Waals surface area contributed by atoms with Crippen LogP contribution >= 0.6 is 15.9 Å². The number of nitrogens with zero attached hydrogens (tertiary/aromatic N) is 1. The molecule has 0 spiro atoms. The number of nitrogens with two attached hydrogens (primary N) is 1. The van der Waals surface area contributed by atoms with Crippen molar-refractivity contribution in [1.82, 2.24) is 4.57 Å². The van der Waals surface area contributed by atoms with E-state index in [1.165, 1.54) is 0 Å². The van der Waals surface area contributed by atoms with Crippen LogP contribution in [0.15, 0.2) is 53.1 Å². The van der Waals surface area contributed by atoms with Gasteiger partial charge in [-0.15, -0.1) is 0 Å². The summed E-state index contributed by atoms with van der Waals surface area (Å²) in [6.07, 6.45) is 1.72. The van der Waals surface area contributed by atoms with E-state index in [4.69, 9.17) is 5.73 Å². The molecule has 0 aliphatic carbocycles. The van der Waals surface area contributed by atoms with E-state index in [9.17, 15) is 4.79 Å². The highest BCUT2D eigenvalue weighted by molar-refractivity contribution is 9.10. The average molecular weight is 344 g/mol. The molecule has 4 nitrogen and oxygen atoms in total. The minimum atomic E-state index is -0.175. The normalized spacial score (nSPS) is 10.8. The molecule has 0 aliphatic heterocycles. The van der Waals surface area contributed by atoms with E-state index in [1.807, 2.05) is 36.4 Å². The Kier molecular flexibility index (Phi) is 3.43. The lowest BCUT2D eigenvalue weighted by atomic mass is 10.1. The van der Waals surface area contributed by atoms with Gasteiger partial charge >= 0.3 is 0 Å². The summed E-state index contributed by atoms with van der Waals surface area (Å²) in [6, 6.07) is 13.5.